The highest BCUT2D eigenvalue weighted by molar-refractivity contribution is 5.80. The Labute approximate surface area is 289 Å². The van der Waals surface area contributed by atoms with Crippen LogP contribution in [0, 0.1) is 0 Å². The molecule has 0 unspecified atom stereocenters. The minimum absolute atomic E-state index is 0.0522. The molecule has 0 atom stereocenters. The SMILES string of the molecule is COc1ccc(/C=C/c2ccc(N(c3ccc(/C=C/C=C/c4ccccc4)cc3)c3ccc(/C=C/c4ccc(CO)cc4)cc3)cc2)cc1. The first kappa shape index (κ1) is 32.8. The maximum Gasteiger partial charge on any atom is 0.118 e. The van der Waals surface area contributed by atoms with Gasteiger partial charge in [-0.2, -0.15) is 0 Å². The number of aliphatic hydroxyl groups is 1. The zero-order valence-corrected chi connectivity index (χ0v) is 27.6. The first-order valence-electron chi connectivity index (χ1n) is 16.4. The summed E-state index contributed by atoms with van der Waals surface area (Å²) in [4.78, 5) is 2.28. The largest absolute Gasteiger partial charge is 0.497 e. The summed E-state index contributed by atoms with van der Waals surface area (Å²) < 4.78 is 5.28. The molecule has 240 valence electrons. The van der Waals surface area contributed by atoms with E-state index >= 15 is 0 Å². The number of hydrogen-bond donors (Lipinski definition) is 1. The van der Waals surface area contributed by atoms with Crippen molar-refractivity contribution in [3.05, 3.63) is 203 Å². The highest BCUT2D eigenvalue weighted by Gasteiger charge is 2.12. The van der Waals surface area contributed by atoms with Crippen molar-refractivity contribution in [2.24, 2.45) is 0 Å². The summed E-state index contributed by atoms with van der Waals surface area (Å²) in [6.45, 7) is 0.0522. The number of allylic oxidation sites excluding steroid dienone is 2. The highest BCUT2D eigenvalue weighted by atomic mass is 16.5. The molecule has 49 heavy (non-hydrogen) atoms. The summed E-state index contributed by atoms with van der Waals surface area (Å²) in [6, 6.07) is 52.2. The van der Waals surface area contributed by atoms with Crippen LogP contribution in [-0.4, -0.2) is 12.2 Å². The van der Waals surface area contributed by atoms with E-state index in [0.717, 1.165) is 56.2 Å². The Kier molecular flexibility index (Phi) is 11.1. The predicted molar refractivity (Wildman–Crippen MR) is 209 cm³/mol. The summed E-state index contributed by atoms with van der Waals surface area (Å²) in [5.74, 6) is 0.850. The lowest BCUT2D eigenvalue weighted by Crippen LogP contribution is -2.09. The summed E-state index contributed by atoms with van der Waals surface area (Å²) in [5, 5.41) is 9.33. The van der Waals surface area contributed by atoms with Crippen molar-refractivity contribution in [2.75, 3.05) is 12.0 Å². The lowest BCUT2D eigenvalue weighted by Gasteiger charge is -2.26. The number of nitrogens with zero attached hydrogens (tertiary/aromatic N) is 1. The molecule has 0 amide bonds. The Morgan fingerprint density at radius 3 is 1.16 bits per heavy atom. The van der Waals surface area contributed by atoms with Gasteiger partial charge in [0.2, 0.25) is 0 Å². The first-order chi connectivity index (χ1) is 24.2. The van der Waals surface area contributed by atoms with Crippen molar-refractivity contribution in [1.29, 1.82) is 0 Å². The molecule has 6 aromatic rings. The standard InChI is InChI=1S/C46H39NO2/c1-49-46-33-25-41(26-34-46)14-13-40-23-31-45(32-24-40)47(43-27-19-37(20-28-43)10-6-5-9-36-7-3-2-4-8-36)44-29-21-39(22-30-44)12-11-38-15-17-42(35-48)18-16-38/h2-34,48H,35H2,1H3/b9-5+,10-6+,12-11+,14-13+. The molecule has 0 aliphatic heterocycles. The third-order valence-electron chi connectivity index (χ3n) is 8.16. The maximum absolute atomic E-state index is 9.33. The number of ether oxygens (including phenoxy) is 1. The number of rotatable bonds is 12. The highest BCUT2D eigenvalue weighted by Crippen LogP contribution is 2.35. The molecule has 0 heterocycles. The minimum atomic E-state index is 0.0522. The van der Waals surface area contributed by atoms with Gasteiger partial charge in [0.25, 0.3) is 0 Å². The first-order valence-corrected chi connectivity index (χ1v) is 16.4. The molecule has 0 saturated heterocycles. The summed E-state index contributed by atoms with van der Waals surface area (Å²) in [5.41, 5.74) is 10.9. The predicted octanol–water partition coefficient (Wildman–Crippen LogP) is 11.7. The summed E-state index contributed by atoms with van der Waals surface area (Å²) >= 11 is 0. The molecule has 0 bridgehead atoms. The van der Waals surface area contributed by atoms with Crippen molar-refractivity contribution in [3.63, 3.8) is 0 Å². The van der Waals surface area contributed by atoms with E-state index in [2.05, 4.69) is 151 Å². The van der Waals surface area contributed by atoms with Gasteiger partial charge in [-0.3, -0.25) is 0 Å². The Morgan fingerprint density at radius 1 is 0.429 bits per heavy atom. The van der Waals surface area contributed by atoms with Crippen LogP contribution < -0.4 is 9.64 Å². The lowest BCUT2D eigenvalue weighted by atomic mass is 10.1. The van der Waals surface area contributed by atoms with E-state index in [9.17, 15) is 5.11 Å². The van der Waals surface area contributed by atoms with Crippen LogP contribution >= 0.6 is 0 Å². The van der Waals surface area contributed by atoms with Crippen LogP contribution in [-0.2, 0) is 6.61 Å². The topological polar surface area (TPSA) is 32.7 Å². The van der Waals surface area contributed by atoms with Gasteiger partial charge in [0.1, 0.15) is 5.75 Å². The van der Waals surface area contributed by atoms with Gasteiger partial charge in [0.15, 0.2) is 0 Å². The fourth-order valence-electron chi connectivity index (χ4n) is 5.38. The monoisotopic (exact) mass is 637 g/mol. The van der Waals surface area contributed by atoms with Crippen LogP contribution in [0.2, 0.25) is 0 Å². The molecule has 0 radical (unpaired) electrons. The fraction of sp³-hybridized carbons (Fsp3) is 0.0435. The van der Waals surface area contributed by atoms with Gasteiger partial charge in [-0.1, -0.05) is 152 Å². The Balaban J connectivity index is 1.23. The van der Waals surface area contributed by atoms with E-state index in [-0.39, 0.29) is 6.61 Å². The normalized spacial score (nSPS) is 11.6. The molecular weight excluding hydrogens is 599 g/mol. The van der Waals surface area contributed by atoms with E-state index in [4.69, 9.17) is 4.74 Å². The molecular formula is C46H39NO2. The van der Waals surface area contributed by atoms with Crippen LogP contribution in [0.5, 0.6) is 5.75 Å². The van der Waals surface area contributed by atoms with Gasteiger partial charge in [0.05, 0.1) is 13.7 Å². The number of methoxy groups -OCH3 is 1. The number of benzene rings is 6. The van der Waals surface area contributed by atoms with E-state index in [1.165, 1.54) is 5.56 Å². The van der Waals surface area contributed by atoms with Gasteiger partial charge in [-0.15, -0.1) is 0 Å². The molecule has 1 N–H and O–H groups in total. The third kappa shape index (κ3) is 9.23. The summed E-state index contributed by atoms with van der Waals surface area (Å²) in [7, 11) is 1.68. The second-order valence-corrected chi connectivity index (χ2v) is 11.6. The third-order valence-corrected chi connectivity index (χ3v) is 8.16. The molecule has 0 aromatic heterocycles. The molecule has 0 spiro atoms. The van der Waals surface area contributed by atoms with E-state index < -0.39 is 0 Å². The van der Waals surface area contributed by atoms with Gasteiger partial charge >= 0.3 is 0 Å². The zero-order valence-electron chi connectivity index (χ0n) is 27.6. The number of aliphatic hydroxyl groups excluding tert-OH is 1. The van der Waals surface area contributed by atoms with Gasteiger partial charge in [-0.25, -0.2) is 0 Å². The Hall–Kier alpha value is -6.16. The van der Waals surface area contributed by atoms with Crippen LogP contribution in [0.1, 0.15) is 38.9 Å². The molecule has 0 aliphatic carbocycles. The molecule has 3 heteroatoms. The van der Waals surface area contributed by atoms with E-state index in [0.29, 0.717) is 0 Å². The van der Waals surface area contributed by atoms with Crippen LogP contribution in [0.25, 0.3) is 36.5 Å². The average molecular weight is 638 g/mol. The molecule has 3 nitrogen and oxygen atoms in total. The van der Waals surface area contributed by atoms with Crippen molar-refractivity contribution in [1.82, 2.24) is 0 Å². The average Bonchev–Trinajstić information content (AvgIpc) is 3.17. The smallest absolute Gasteiger partial charge is 0.118 e. The van der Waals surface area contributed by atoms with E-state index in [1.54, 1.807) is 7.11 Å². The molecule has 0 fully saturated rings. The van der Waals surface area contributed by atoms with Crippen molar-refractivity contribution in [2.45, 2.75) is 6.61 Å². The van der Waals surface area contributed by atoms with Crippen LogP contribution in [0.15, 0.2) is 164 Å². The van der Waals surface area contributed by atoms with Crippen molar-refractivity contribution < 1.29 is 9.84 Å². The fourth-order valence-corrected chi connectivity index (χ4v) is 5.38. The minimum Gasteiger partial charge on any atom is -0.497 e. The Morgan fingerprint density at radius 2 is 0.776 bits per heavy atom. The summed E-state index contributed by atoms with van der Waals surface area (Å²) in [6.07, 6.45) is 16.8. The quantitative estimate of drug-likeness (QED) is 0.107. The number of hydrogen-bond acceptors (Lipinski definition) is 3. The zero-order chi connectivity index (χ0) is 33.7. The van der Waals surface area contributed by atoms with Crippen molar-refractivity contribution in [3.8, 4) is 5.75 Å². The second-order valence-electron chi connectivity index (χ2n) is 11.6. The van der Waals surface area contributed by atoms with Crippen molar-refractivity contribution >= 4 is 53.5 Å². The van der Waals surface area contributed by atoms with Gasteiger partial charge in [-0.05, 0) is 87.5 Å². The van der Waals surface area contributed by atoms with Crippen LogP contribution in [0.4, 0.5) is 17.1 Å². The van der Waals surface area contributed by atoms with E-state index in [1.807, 2.05) is 54.6 Å². The lowest BCUT2D eigenvalue weighted by molar-refractivity contribution is 0.282. The second kappa shape index (κ2) is 16.6. The molecule has 6 rings (SSSR count). The van der Waals surface area contributed by atoms with Gasteiger partial charge in [0, 0.05) is 17.1 Å². The molecule has 0 aliphatic rings. The van der Waals surface area contributed by atoms with Gasteiger partial charge < -0.3 is 14.7 Å². The molecule has 6 aromatic carbocycles. The molecule has 0 saturated carbocycles. The maximum atomic E-state index is 9.33. The number of anilines is 3. The Bertz CT molecular complexity index is 1920. The van der Waals surface area contributed by atoms with Crippen LogP contribution in [0.3, 0.4) is 0 Å².